The summed E-state index contributed by atoms with van der Waals surface area (Å²) in [6.45, 7) is 5.58. The molecule has 0 aliphatic rings. The van der Waals surface area contributed by atoms with E-state index in [1.54, 1.807) is 7.05 Å². The molecule has 0 unspecified atom stereocenters. The van der Waals surface area contributed by atoms with Gasteiger partial charge in [-0.2, -0.15) is 0 Å². The van der Waals surface area contributed by atoms with Gasteiger partial charge in [0.05, 0.1) is 0 Å². The number of aromatic nitrogens is 2. The van der Waals surface area contributed by atoms with E-state index in [1.165, 1.54) is 0 Å². The number of anilines is 2. The van der Waals surface area contributed by atoms with E-state index in [9.17, 15) is 4.79 Å². The summed E-state index contributed by atoms with van der Waals surface area (Å²) in [5.74, 6) is 2.40. The van der Waals surface area contributed by atoms with Crippen molar-refractivity contribution in [3.63, 3.8) is 0 Å². The maximum absolute atomic E-state index is 11.1. The zero-order chi connectivity index (χ0) is 14.1. The lowest BCUT2D eigenvalue weighted by molar-refractivity contribution is -0.120. The molecule has 0 saturated carbocycles. The van der Waals surface area contributed by atoms with Gasteiger partial charge >= 0.3 is 0 Å². The van der Waals surface area contributed by atoms with Crippen molar-refractivity contribution in [2.45, 2.75) is 33.1 Å². The molecule has 0 bridgehead atoms. The monoisotopic (exact) mass is 265 g/mol. The van der Waals surface area contributed by atoms with Crippen molar-refractivity contribution in [2.75, 3.05) is 30.8 Å². The number of carbonyl (C=O) groups is 1. The molecule has 0 fully saturated rings. The Labute approximate surface area is 114 Å². The van der Waals surface area contributed by atoms with E-state index in [0.29, 0.717) is 13.0 Å². The smallest absolute Gasteiger partial charge is 0.221 e. The first-order valence-electron chi connectivity index (χ1n) is 6.75. The van der Waals surface area contributed by atoms with E-state index in [1.807, 2.05) is 13.0 Å². The van der Waals surface area contributed by atoms with Crippen LogP contribution in [0.2, 0.25) is 0 Å². The second kappa shape index (κ2) is 8.29. The number of rotatable bonds is 8. The van der Waals surface area contributed by atoms with Gasteiger partial charge in [-0.15, -0.1) is 0 Å². The predicted molar refractivity (Wildman–Crippen MR) is 77.4 cm³/mol. The fraction of sp³-hybridized carbons (Fsp3) is 0.615. The van der Waals surface area contributed by atoms with Gasteiger partial charge < -0.3 is 16.0 Å². The molecule has 0 saturated heterocycles. The average molecular weight is 265 g/mol. The highest BCUT2D eigenvalue weighted by atomic mass is 16.1. The van der Waals surface area contributed by atoms with Gasteiger partial charge in [0.15, 0.2) is 0 Å². The molecule has 1 aromatic rings. The van der Waals surface area contributed by atoms with Crippen LogP contribution in [0.1, 0.15) is 32.5 Å². The molecular formula is C13H23N5O. The van der Waals surface area contributed by atoms with Crippen LogP contribution in [-0.4, -0.2) is 36.0 Å². The molecule has 1 aromatic heterocycles. The Hall–Kier alpha value is -1.85. The molecule has 6 heteroatoms. The topological polar surface area (TPSA) is 78.9 Å². The fourth-order valence-corrected chi connectivity index (χ4v) is 1.52. The standard InChI is InChI=1S/C13H23N5O/c1-4-7-15-11-9-12(18-10(5-2)17-11)16-8-6-13(19)14-3/h9H,4-8H2,1-3H3,(H,14,19)(H2,15,16,17,18). The first-order chi connectivity index (χ1) is 9.19. The lowest BCUT2D eigenvalue weighted by Crippen LogP contribution is -2.21. The van der Waals surface area contributed by atoms with Crippen molar-refractivity contribution < 1.29 is 4.79 Å². The molecule has 106 valence electrons. The summed E-state index contributed by atoms with van der Waals surface area (Å²) in [6, 6.07) is 1.87. The van der Waals surface area contributed by atoms with Crippen LogP contribution in [0.25, 0.3) is 0 Å². The molecule has 19 heavy (non-hydrogen) atoms. The molecule has 1 amide bonds. The fourth-order valence-electron chi connectivity index (χ4n) is 1.52. The van der Waals surface area contributed by atoms with Crippen molar-refractivity contribution in [1.82, 2.24) is 15.3 Å². The van der Waals surface area contributed by atoms with E-state index >= 15 is 0 Å². The Kier molecular flexibility index (Phi) is 6.63. The van der Waals surface area contributed by atoms with Crippen molar-refractivity contribution in [3.05, 3.63) is 11.9 Å². The molecule has 0 aliphatic heterocycles. The van der Waals surface area contributed by atoms with Crippen LogP contribution >= 0.6 is 0 Å². The Bertz CT molecular complexity index is 408. The summed E-state index contributed by atoms with van der Waals surface area (Å²) >= 11 is 0. The van der Waals surface area contributed by atoms with Gasteiger partial charge in [0.2, 0.25) is 5.91 Å². The first kappa shape index (κ1) is 15.2. The zero-order valence-corrected chi connectivity index (χ0v) is 11.9. The highest BCUT2D eigenvalue weighted by Crippen LogP contribution is 2.11. The van der Waals surface area contributed by atoms with E-state index in [0.717, 1.165) is 36.8 Å². The Morgan fingerprint density at radius 3 is 2.32 bits per heavy atom. The molecule has 0 atom stereocenters. The third-order valence-corrected chi connectivity index (χ3v) is 2.58. The van der Waals surface area contributed by atoms with Gasteiger partial charge in [-0.3, -0.25) is 4.79 Å². The minimum atomic E-state index is 0.0154. The van der Waals surface area contributed by atoms with E-state index < -0.39 is 0 Å². The Morgan fingerprint density at radius 1 is 1.16 bits per heavy atom. The molecule has 0 aliphatic carbocycles. The third kappa shape index (κ3) is 5.54. The first-order valence-corrected chi connectivity index (χ1v) is 6.75. The maximum Gasteiger partial charge on any atom is 0.221 e. The predicted octanol–water partition coefficient (Wildman–Crippen LogP) is 1.41. The molecular weight excluding hydrogens is 242 g/mol. The van der Waals surface area contributed by atoms with Gasteiger partial charge in [-0.05, 0) is 6.42 Å². The summed E-state index contributed by atoms with van der Waals surface area (Å²) in [5, 5.41) is 8.99. The van der Waals surface area contributed by atoms with E-state index in [4.69, 9.17) is 0 Å². The van der Waals surface area contributed by atoms with Crippen LogP contribution in [-0.2, 0) is 11.2 Å². The quantitative estimate of drug-likeness (QED) is 0.662. The number of hydrogen-bond acceptors (Lipinski definition) is 5. The number of amides is 1. The van der Waals surface area contributed by atoms with Crippen molar-refractivity contribution in [1.29, 1.82) is 0 Å². The summed E-state index contributed by atoms with van der Waals surface area (Å²) in [6.07, 6.45) is 2.26. The number of carbonyl (C=O) groups excluding carboxylic acids is 1. The molecule has 0 aromatic carbocycles. The summed E-state index contributed by atoms with van der Waals surface area (Å²) in [4.78, 5) is 19.9. The van der Waals surface area contributed by atoms with Crippen LogP contribution in [0.15, 0.2) is 6.07 Å². The van der Waals surface area contributed by atoms with Crippen LogP contribution in [0.4, 0.5) is 11.6 Å². The molecule has 1 rings (SSSR count). The molecule has 3 N–H and O–H groups in total. The lowest BCUT2D eigenvalue weighted by atomic mass is 10.3. The van der Waals surface area contributed by atoms with Crippen molar-refractivity contribution in [2.24, 2.45) is 0 Å². The lowest BCUT2D eigenvalue weighted by Gasteiger charge is -2.10. The van der Waals surface area contributed by atoms with Crippen molar-refractivity contribution >= 4 is 17.5 Å². The van der Waals surface area contributed by atoms with Gasteiger partial charge in [-0.25, -0.2) is 9.97 Å². The highest BCUT2D eigenvalue weighted by molar-refractivity contribution is 5.76. The van der Waals surface area contributed by atoms with Gasteiger partial charge in [0.1, 0.15) is 17.5 Å². The van der Waals surface area contributed by atoms with Gasteiger partial charge in [0.25, 0.3) is 0 Å². The largest absolute Gasteiger partial charge is 0.370 e. The third-order valence-electron chi connectivity index (χ3n) is 2.58. The molecule has 1 heterocycles. The van der Waals surface area contributed by atoms with Crippen LogP contribution in [0, 0.1) is 0 Å². The second-order valence-electron chi connectivity index (χ2n) is 4.18. The number of aryl methyl sites for hydroxylation is 1. The average Bonchev–Trinajstić information content (AvgIpc) is 2.44. The zero-order valence-electron chi connectivity index (χ0n) is 11.9. The highest BCUT2D eigenvalue weighted by Gasteiger charge is 2.04. The van der Waals surface area contributed by atoms with Gasteiger partial charge in [-0.1, -0.05) is 13.8 Å². The SMILES string of the molecule is CCCNc1cc(NCCC(=O)NC)nc(CC)n1. The van der Waals surface area contributed by atoms with Gasteiger partial charge in [0, 0.05) is 39.0 Å². The molecule has 6 nitrogen and oxygen atoms in total. The second-order valence-corrected chi connectivity index (χ2v) is 4.18. The summed E-state index contributed by atoms with van der Waals surface area (Å²) in [5.41, 5.74) is 0. The van der Waals surface area contributed by atoms with Crippen LogP contribution in [0.5, 0.6) is 0 Å². The maximum atomic E-state index is 11.1. The normalized spacial score (nSPS) is 10.1. The Balaban J connectivity index is 2.62. The Morgan fingerprint density at radius 2 is 1.79 bits per heavy atom. The van der Waals surface area contributed by atoms with Crippen LogP contribution < -0.4 is 16.0 Å². The minimum Gasteiger partial charge on any atom is -0.370 e. The minimum absolute atomic E-state index is 0.0154. The molecule has 0 radical (unpaired) electrons. The number of nitrogens with zero attached hydrogens (tertiary/aromatic N) is 2. The van der Waals surface area contributed by atoms with Crippen LogP contribution in [0.3, 0.4) is 0 Å². The summed E-state index contributed by atoms with van der Waals surface area (Å²) in [7, 11) is 1.63. The van der Waals surface area contributed by atoms with Crippen molar-refractivity contribution in [3.8, 4) is 0 Å². The molecule has 0 spiro atoms. The van der Waals surface area contributed by atoms with E-state index in [2.05, 4.69) is 32.8 Å². The van der Waals surface area contributed by atoms with E-state index in [-0.39, 0.29) is 5.91 Å². The summed E-state index contributed by atoms with van der Waals surface area (Å²) < 4.78 is 0. The number of hydrogen-bond donors (Lipinski definition) is 3. The number of nitrogens with one attached hydrogen (secondary N) is 3.